The molecule has 2 amide bonds. The van der Waals surface area contributed by atoms with Crippen molar-refractivity contribution in [1.29, 1.82) is 0 Å². The third-order valence-corrected chi connectivity index (χ3v) is 6.38. The average Bonchev–Trinajstić information content (AvgIpc) is 2.68. The molecule has 1 unspecified atom stereocenters. The van der Waals surface area contributed by atoms with E-state index >= 15 is 0 Å². The van der Waals surface area contributed by atoms with Crippen LogP contribution < -0.4 is 10.6 Å². The summed E-state index contributed by atoms with van der Waals surface area (Å²) in [5, 5.41) is 15.3. The van der Waals surface area contributed by atoms with Gasteiger partial charge >= 0.3 is 6.03 Å². The van der Waals surface area contributed by atoms with Crippen LogP contribution in [0.1, 0.15) is 37.3 Å². The topological polar surface area (TPSA) is 64.6 Å². The number of thioether (sulfide) groups is 1. The molecular weight excluding hydrogens is 353 g/mol. The second-order valence-electron chi connectivity index (χ2n) is 7.06. The van der Waals surface area contributed by atoms with Gasteiger partial charge in [-0.2, -0.15) is 11.8 Å². The molecule has 0 saturated carbocycles. The minimum atomic E-state index is -0.532. The Kier molecular flexibility index (Phi) is 7.16. The Morgan fingerprint density at radius 1 is 1.19 bits per heavy atom. The molecule has 5 nitrogen and oxygen atoms in total. The van der Waals surface area contributed by atoms with Crippen LogP contribution in [0, 0.1) is 5.82 Å². The number of rotatable bonds is 5. The number of nitrogens with zero attached hydrogens (tertiary/aromatic N) is 1. The number of aliphatic hydroxyl groups is 1. The van der Waals surface area contributed by atoms with Gasteiger partial charge in [0.25, 0.3) is 0 Å². The van der Waals surface area contributed by atoms with Gasteiger partial charge in [0.1, 0.15) is 5.82 Å². The van der Waals surface area contributed by atoms with E-state index in [4.69, 9.17) is 0 Å². The van der Waals surface area contributed by atoms with E-state index in [2.05, 4.69) is 15.5 Å². The molecule has 1 aromatic rings. The Balaban J connectivity index is 1.44. The summed E-state index contributed by atoms with van der Waals surface area (Å²) in [7, 11) is 0. The number of carbonyl (C=O) groups is 1. The molecule has 2 saturated heterocycles. The summed E-state index contributed by atoms with van der Waals surface area (Å²) in [5.74, 6) is 2.19. The highest BCUT2D eigenvalue weighted by atomic mass is 32.2. The summed E-state index contributed by atoms with van der Waals surface area (Å²) in [6.07, 6.45) is 4.47. The molecule has 0 radical (unpaired) electrons. The molecular formula is C19H28FN3O2S. The summed E-state index contributed by atoms with van der Waals surface area (Å²) in [4.78, 5) is 14.9. The smallest absolute Gasteiger partial charge is 0.315 e. The molecule has 7 heteroatoms. The van der Waals surface area contributed by atoms with Crippen molar-refractivity contribution < 1.29 is 14.3 Å². The number of nitrogens with one attached hydrogen (secondary N) is 2. The monoisotopic (exact) mass is 381 g/mol. The van der Waals surface area contributed by atoms with Crippen LogP contribution in [0.15, 0.2) is 24.3 Å². The van der Waals surface area contributed by atoms with Gasteiger partial charge in [-0.1, -0.05) is 12.1 Å². The highest BCUT2D eigenvalue weighted by Crippen LogP contribution is 2.24. The van der Waals surface area contributed by atoms with E-state index < -0.39 is 6.04 Å². The van der Waals surface area contributed by atoms with Gasteiger partial charge in [0.15, 0.2) is 0 Å². The third-order valence-electron chi connectivity index (χ3n) is 5.33. The van der Waals surface area contributed by atoms with E-state index in [1.54, 1.807) is 12.1 Å². The van der Waals surface area contributed by atoms with Crippen molar-refractivity contribution in [3.05, 3.63) is 35.6 Å². The van der Waals surface area contributed by atoms with Crippen molar-refractivity contribution in [3.8, 4) is 0 Å². The van der Waals surface area contributed by atoms with E-state index in [9.17, 15) is 14.3 Å². The van der Waals surface area contributed by atoms with E-state index in [1.165, 1.54) is 36.5 Å². The molecule has 26 heavy (non-hydrogen) atoms. The van der Waals surface area contributed by atoms with Crippen LogP contribution in [0.25, 0.3) is 0 Å². The number of carbonyl (C=O) groups excluding carboxylic acids is 1. The number of benzene rings is 1. The molecule has 2 aliphatic rings. The van der Waals surface area contributed by atoms with E-state index in [1.807, 2.05) is 11.8 Å². The lowest BCUT2D eigenvalue weighted by molar-refractivity contribution is 0.136. The van der Waals surface area contributed by atoms with Gasteiger partial charge in [0, 0.05) is 25.2 Å². The Labute approximate surface area is 158 Å². The molecule has 2 fully saturated rings. The Morgan fingerprint density at radius 3 is 2.46 bits per heavy atom. The summed E-state index contributed by atoms with van der Waals surface area (Å²) in [5.41, 5.74) is 0.689. The van der Waals surface area contributed by atoms with Crippen LogP contribution in [0.4, 0.5) is 9.18 Å². The molecule has 0 aromatic heterocycles. The minimum Gasteiger partial charge on any atom is -0.394 e. The van der Waals surface area contributed by atoms with E-state index in [0.717, 1.165) is 25.9 Å². The zero-order chi connectivity index (χ0) is 18.4. The summed E-state index contributed by atoms with van der Waals surface area (Å²) in [6.45, 7) is 1.83. The maximum Gasteiger partial charge on any atom is 0.315 e. The molecule has 2 aliphatic heterocycles. The highest BCUT2D eigenvalue weighted by molar-refractivity contribution is 7.99. The minimum absolute atomic E-state index is 0.164. The molecule has 3 rings (SSSR count). The standard InChI is InChI=1S/C19H28FN3O2S/c20-15-3-1-14(2-4-15)18(13-24)22-19(25)21-16-5-9-23(10-6-16)17-7-11-26-12-8-17/h1-4,16-18,24H,5-13H2,(H2,21,22,25). The second-order valence-corrected chi connectivity index (χ2v) is 8.28. The van der Waals surface area contributed by atoms with E-state index in [0.29, 0.717) is 11.6 Å². The Bertz CT molecular complexity index is 573. The highest BCUT2D eigenvalue weighted by Gasteiger charge is 2.27. The molecule has 1 atom stereocenters. The first-order chi connectivity index (χ1) is 12.7. The fourth-order valence-corrected chi connectivity index (χ4v) is 4.86. The lowest BCUT2D eigenvalue weighted by Crippen LogP contribution is -2.51. The fourth-order valence-electron chi connectivity index (χ4n) is 3.77. The predicted octanol–water partition coefficient (Wildman–Crippen LogP) is 2.52. The van der Waals surface area contributed by atoms with Gasteiger partial charge in [-0.15, -0.1) is 0 Å². The molecule has 1 aromatic carbocycles. The zero-order valence-electron chi connectivity index (χ0n) is 15.0. The lowest BCUT2D eigenvalue weighted by Gasteiger charge is -2.39. The van der Waals surface area contributed by atoms with Crippen molar-refractivity contribution in [3.63, 3.8) is 0 Å². The van der Waals surface area contributed by atoms with Gasteiger partial charge in [0.05, 0.1) is 12.6 Å². The molecule has 0 spiro atoms. The summed E-state index contributed by atoms with van der Waals surface area (Å²) >= 11 is 2.05. The first kappa shape index (κ1) is 19.5. The Morgan fingerprint density at radius 2 is 1.85 bits per heavy atom. The van der Waals surface area contributed by atoms with Crippen LogP contribution in [0.5, 0.6) is 0 Å². The third kappa shape index (κ3) is 5.34. The number of aliphatic hydroxyl groups excluding tert-OH is 1. The van der Waals surface area contributed by atoms with Crippen molar-refractivity contribution in [2.24, 2.45) is 0 Å². The van der Waals surface area contributed by atoms with Crippen molar-refractivity contribution in [2.45, 2.75) is 43.8 Å². The van der Waals surface area contributed by atoms with Crippen molar-refractivity contribution in [1.82, 2.24) is 15.5 Å². The first-order valence-electron chi connectivity index (χ1n) is 9.41. The molecule has 0 bridgehead atoms. The maximum absolute atomic E-state index is 13.0. The normalized spacial score (nSPS) is 21.3. The maximum atomic E-state index is 13.0. The number of urea groups is 1. The molecule has 3 N–H and O–H groups in total. The lowest BCUT2D eigenvalue weighted by atomic mass is 10.0. The van der Waals surface area contributed by atoms with Crippen LogP contribution in [-0.4, -0.2) is 59.3 Å². The number of piperidine rings is 1. The largest absolute Gasteiger partial charge is 0.394 e. The summed E-state index contributed by atoms with van der Waals surface area (Å²) < 4.78 is 13.0. The van der Waals surface area contributed by atoms with Gasteiger partial charge in [-0.05, 0) is 54.9 Å². The van der Waals surface area contributed by atoms with Crippen LogP contribution in [-0.2, 0) is 0 Å². The Hall–Kier alpha value is -1.31. The van der Waals surface area contributed by atoms with Gasteiger partial charge in [-0.3, -0.25) is 0 Å². The molecule has 2 heterocycles. The molecule has 0 aliphatic carbocycles. The van der Waals surface area contributed by atoms with Gasteiger partial charge < -0.3 is 20.6 Å². The first-order valence-corrected chi connectivity index (χ1v) is 10.6. The quantitative estimate of drug-likeness (QED) is 0.733. The van der Waals surface area contributed by atoms with Crippen LogP contribution >= 0.6 is 11.8 Å². The fraction of sp³-hybridized carbons (Fsp3) is 0.632. The number of hydrogen-bond donors (Lipinski definition) is 3. The number of amides is 2. The van der Waals surface area contributed by atoms with Gasteiger partial charge in [0.2, 0.25) is 0 Å². The zero-order valence-corrected chi connectivity index (χ0v) is 15.8. The number of hydrogen-bond acceptors (Lipinski definition) is 4. The van der Waals surface area contributed by atoms with Crippen molar-refractivity contribution >= 4 is 17.8 Å². The number of halogens is 1. The predicted molar refractivity (Wildman–Crippen MR) is 103 cm³/mol. The van der Waals surface area contributed by atoms with Crippen LogP contribution in [0.2, 0.25) is 0 Å². The SMILES string of the molecule is O=C(NC1CCN(C2CCSCC2)CC1)NC(CO)c1ccc(F)cc1. The average molecular weight is 382 g/mol. The van der Waals surface area contributed by atoms with Gasteiger partial charge in [-0.25, -0.2) is 9.18 Å². The van der Waals surface area contributed by atoms with Crippen molar-refractivity contribution in [2.75, 3.05) is 31.2 Å². The molecule has 144 valence electrons. The number of likely N-dealkylation sites (tertiary alicyclic amines) is 1. The van der Waals surface area contributed by atoms with Crippen LogP contribution in [0.3, 0.4) is 0 Å². The summed E-state index contributed by atoms with van der Waals surface area (Å²) in [6, 6.07) is 5.89. The second kappa shape index (κ2) is 9.58. The van der Waals surface area contributed by atoms with E-state index in [-0.39, 0.29) is 24.5 Å².